The predicted molar refractivity (Wildman–Crippen MR) is 125 cm³/mol. The normalized spacial score (nSPS) is 12.0. The minimum absolute atomic E-state index is 0.0375. The summed E-state index contributed by atoms with van der Waals surface area (Å²) in [5.41, 5.74) is 4.67. The Balaban J connectivity index is 2.38. The van der Waals surface area contributed by atoms with E-state index in [0.29, 0.717) is 0 Å². The average Bonchev–Trinajstić information content (AvgIpc) is 2.69. The molecule has 0 aliphatic rings. The van der Waals surface area contributed by atoms with Crippen molar-refractivity contribution in [3.05, 3.63) is 64.2 Å². The van der Waals surface area contributed by atoms with Gasteiger partial charge in [0.05, 0.1) is 6.42 Å². The molecule has 0 spiro atoms. The Morgan fingerprint density at radius 3 is 1.90 bits per heavy atom. The van der Waals surface area contributed by atoms with Gasteiger partial charge >= 0.3 is 5.97 Å². The van der Waals surface area contributed by atoms with Crippen LogP contribution in [0.4, 0.5) is 0 Å². The average molecular weight is 425 g/mol. The maximum absolute atomic E-state index is 12.2. The summed E-state index contributed by atoms with van der Waals surface area (Å²) in [5.74, 6) is -0.0101. The number of ketones is 1. The number of aliphatic carboxylic acids is 1. The highest BCUT2D eigenvalue weighted by Crippen LogP contribution is 2.41. The van der Waals surface area contributed by atoms with Crippen molar-refractivity contribution in [1.29, 1.82) is 0 Å². The van der Waals surface area contributed by atoms with Crippen molar-refractivity contribution in [2.45, 2.75) is 73.1 Å². The summed E-state index contributed by atoms with van der Waals surface area (Å²) in [6.45, 7) is 14.1. The van der Waals surface area contributed by atoms with Gasteiger partial charge in [-0.05, 0) is 60.6 Å². The van der Waals surface area contributed by atoms with Crippen molar-refractivity contribution in [1.82, 2.24) is 0 Å². The molecular formula is C27H36O4. The number of benzene rings is 2. The molecule has 4 nitrogen and oxygen atoms in total. The predicted octanol–water partition coefficient (Wildman–Crippen LogP) is 6.03. The lowest BCUT2D eigenvalue weighted by Crippen LogP contribution is -2.27. The molecule has 0 saturated heterocycles. The molecule has 0 atom stereocenters. The van der Waals surface area contributed by atoms with Gasteiger partial charge < -0.3 is 9.84 Å². The monoisotopic (exact) mass is 424 g/mol. The van der Waals surface area contributed by atoms with Crippen molar-refractivity contribution in [2.75, 3.05) is 6.61 Å². The number of carboxylic acids is 1. The van der Waals surface area contributed by atoms with Crippen LogP contribution < -0.4 is 4.74 Å². The standard InChI is InChI=1S/C27H36O4/c1-8-27(9-2,21-11-10-20(16-25(29)30)18(3)14-21)22-12-13-23(19(4)15-22)31-17-24(28)26(5,6)7/h10-15H,8-9,16-17H2,1-7H3,(H,29,30). The third-order valence-corrected chi connectivity index (χ3v) is 6.37. The SMILES string of the molecule is CCC(CC)(c1ccc(CC(=O)O)c(C)c1)c1ccc(OCC(=O)C(C)(C)C)c(C)c1. The topological polar surface area (TPSA) is 63.6 Å². The largest absolute Gasteiger partial charge is 0.486 e. The van der Waals surface area contributed by atoms with Crippen LogP contribution in [0.3, 0.4) is 0 Å². The van der Waals surface area contributed by atoms with E-state index in [-0.39, 0.29) is 24.2 Å². The van der Waals surface area contributed by atoms with E-state index in [9.17, 15) is 9.59 Å². The van der Waals surface area contributed by atoms with Crippen LogP contribution in [-0.4, -0.2) is 23.5 Å². The highest BCUT2D eigenvalue weighted by molar-refractivity contribution is 5.85. The fraction of sp³-hybridized carbons (Fsp3) is 0.481. The number of carboxylic acid groups (broad SMARTS) is 1. The maximum atomic E-state index is 12.2. The molecule has 4 heteroatoms. The van der Waals surface area contributed by atoms with Crippen molar-refractivity contribution in [3.8, 4) is 5.75 Å². The van der Waals surface area contributed by atoms with Crippen molar-refractivity contribution in [3.63, 3.8) is 0 Å². The van der Waals surface area contributed by atoms with Crippen LogP contribution in [0.5, 0.6) is 5.75 Å². The summed E-state index contributed by atoms with van der Waals surface area (Å²) in [7, 11) is 0. The summed E-state index contributed by atoms with van der Waals surface area (Å²) in [4.78, 5) is 23.3. The third-order valence-electron chi connectivity index (χ3n) is 6.37. The van der Waals surface area contributed by atoms with Gasteiger partial charge in [-0.2, -0.15) is 0 Å². The Morgan fingerprint density at radius 1 is 0.903 bits per heavy atom. The fourth-order valence-corrected chi connectivity index (χ4v) is 4.06. The first kappa shape index (κ1) is 24.6. The second-order valence-corrected chi connectivity index (χ2v) is 9.44. The Labute approximate surface area is 186 Å². The van der Waals surface area contributed by atoms with E-state index < -0.39 is 11.4 Å². The van der Waals surface area contributed by atoms with E-state index in [0.717, 1.165) is 35.3 Å². The molecular weight excluding hydrogens is 388 g/mol. The van der Waals surface area contributed by atoms with Crippen LogP contribution in [-0.2, 0) is 21.4 Å². The molecule has 0 radical (unpaired) electrons. The summed E-state index contributed by atoms with van der Waals surface area (Å²) in [5, 5.41) is 9.14. The maximum Gasteiger partial charge on any atom is 0.307 e. The molecule has 0 unspecified atom stereocenters. The minimum Gasteiger partial charge on any atom is -0.486 e. The molecule has 0 fully saturated rings. The van der Waals surface area contributed by atoms with Gasteiger partial charge in [0.25, 0.3) is 0 Å². The second-order valence-electron chi connectivity index (χ2n) is 9.44. The van der Waals surface area contributed by atoms with Gasteiger partial charge in [-0.1, -0.05) is 65.0 Å². The highest BCUT2D eigenvalue weighted by atomic mass is 16.5. The van der Waals surface area contributed by atoms with E-state index in [1.54, 1.807) is 0 Å². The third kappa shape index (κ3) is 5.55. The summed E-state index contributed by atoms with van der Waals surface area (Å²) in [6.07, 6.45) is 1.88. The van der Waals surface area contributed by atoms with Gasteiger partial charge in [-0.25, -0.2) is 0 Å². The fourth-order valence-electron chi connectivity index (χ4n) is 4.06. The zero-order valence-electron chi connectivity index (χ0n) is 20.0. The number of aryl methyl sites for hydroxylation is 2. The molecule has 2 aromatic carbocycles. The number of rotatable bonds is 9. The van der Waals surface area contributed by atoms with Gasteiger partial charge in [-0.3, -0.25) is 9.59 Å². The molecule has 0 amide bonds. The number of Topliss-reactive ketones (excluding diaryl/α,β-unsaturated/α-hetero) is 1. The van der Waals surface area contributed by atoms with Crippen molar-refractivity contribution in [2.24, 2.45) is 5.41 Å². The molecule has 0 aromatic heterocycles. The smallest absolute Gasteiger partial charge is 0.307 e. The van der Waals surface area contributed by atoms with Gasteiger partial charge in [-0.15, -0.1) is 0 Å². The molecule has 168 valence electrons. The van der Waals surface area contributed by atoms with Crippen LogP contribution in [0.25, 0.3) is 0 Å². The van der Waals surface area contributed by atoms with Crippen LogP contribution in [0.1, 0.15) is 75.3 Å². The van der Waals surface area contributed by atoms with Gasteiger partial charge in [0.15, 0.2) is 5.78 Å². The molecule has 2 aromatic rings. The highest BCUT2D eigenvalue weighted by Gasteiger charge is 2.31. The van der Waals surface area contributed by atoms with E-state index in [1.165, 1.54) is 11.1 Å². The number of ether oxygens (including phenoxy) is 1. The zero-order chi connectivity index (χ0) is 23.4. The lowest BCUT2D eigenvalue weighted by atomic mass is 9.70. The van der Waals surface area contributed by atoms with E-state index >= 15 is 0 Å². The van der Waals surface area contributed by atoms with Crippen molar-refractivity contribution < 1.29 is 19.4 Å². The number of carbonyl (C=O) groups excluding carboxylic acids is 1. The zero-order valence-corrected chi connectivity index (χ0v) is 20.0. The van der Waals surface area contributed by atoms with Gasteiger partial charge in [0, 0.05) is 10.8 Å². The Bertz CT molecular complexity index is 946. The van der Waals surface area contributed by atoms with Gasteiger partial charge in [0.1, 0.15) is 12.4 Å². The lowest BCUT2D eigenvalue weighted by molar-refractivity contribution is -0.136. The van der Waals surface area contributed by atoms with Crippen LogP contribution in [0.2, 0.25) is 0 Å². The molecule has 1 N–H and O–H groups in total. The second kappa shape index (κ2) is 9.67. The summed E-state index contributed by atoms with van der Waals surface area (Å²) >= 11 is 0. The molecule has 2 rings (SSSR count). The number of carbonyl (C=O) groups is 2. The lowest BCUT2D eigenvalue weighted by Gasteiger charge is -2.34. The van der Waals surface area contributed by atoms with Crippen molar-refractivity contribution >= 4 is 11.8 Å². The number of hydrogen-bond donors (Lipinski definition) is 1. The quantitative estimate of drug-likeness (QED) is 0.534. The van der Waals surface area contributed by atoms with Crippen LogP contribution in [0.15, 0.2) is 36.4 Å². The van der Waals surface area contributed by atoms with E-state index in [2.05, 4.69) is 38.1 Å². The molecule has 0 aliphatic carbocycles. The van der Waals surface area contributed by atoms with E-state index in [4.69, 9.17) is 9.84 Å². The first-order valence-corrected chi connectivity index (χ1v) is 11.0. The number of hydrogen-bond acceptors (Lipinski definition) is 3. The van der Waals surface area contributed by atoms with Gasteiger partial charge in [0.2, 0.25) is 0 Å². The Hall–Kier alpha value is -2.62. The summed E-state index contributed by atoms with van der Waals surface area (Å²) in [6, 6.07) is 12.4. The Kier molecular flexibility index (Phi) is 7.69. The van der Waals surface area contributed by atoms with Crippen LogP contribution in [0, 0.1) is 19.3 Å². The molecule has 31 heavy (non-hydrogen) atoms. The Morgan fingerprint density at radius 2 is 1.45 bits per heavy atom. The first-order valence-electron chi connectivity index (χ1n) is 11.0. The summed E-state index contributed by atoms with van der Waals surface area (Å²) < 4.78 is 5.83. The molecule has 0 heterocycles. The minimum atomic E-state index is -0.816. The first-order chi connectivity index (χ1) is 14.4. The molecule has 0 saturated carbocycles. The molecule has 0 aliphatic heterocycles. The van der Waals surface area contributed by atoms with Crippen LogP contribution >= 0.6 is 0 Å². The van der Waals surface area contributed by atoms with E-state index in [1.807, 2.05) is 46.8 Å². The molecule has 0 bridgehead atoms.